The van der Waals surface area contributed by atoms with Crippen LogP contribution in [-0.4, -0.2) is 25.6 Å². The first-order valence-corrected chi connectivity index (χ1v) is 10.4. The Kier molecular flexibility index (Phi) is 6.80. The van der Waals surface area contributed by atoms with E-state index >= 15 is 0 Å². The molecule has 3 N–H and O–H groups in total. The molecule has 5 nitrogen and oxygen atoms in total. The molecule has 2 rings (SSSR count). The average Bonchev–Trinajstić information content (AvgIpc) is 2.54. The van der Waals surface area contributed by atoms with Gasteiger partial charge in [0, 0.05) is 18.2 Å². The van der Waals surface area contributed by atoms with E-state index in [2.05, 4.69) is 5.32 Å². The van der Waals surface area contributed by atoms with E-state index in [0.29, 0.717) is 18.5 Å². The van der Waals surface area contributed by atoms with Crippen LogP contribution < -0.4 is 11.1 Å². The van der Waals surface area contributed by atoms with E-state index in [0.717, 1.165) is 37.7 Å². The molecule has 1 fully saturated rings. The molecule has 1 amide bonds. The minimum absolute atomic E-state index is 0.0114. The van der Waals surface area contributed by atoms with Gasteiger partial charge >= 0.3 is 0 Å². The van der Waals surface area contributed by atoms with Gasteiger partial charge in [0.2, 0.25) is 5.91 Å². The van der Waals surface area contributed by atoms with Gasteiger partial charge in [-0.3, -0.25) is 4.79 Å². The fourth-order valence-electron chi connectivity index (χ4n) is 3.10. The first kappa shape index (κ1) is 18.9. The number of nitrogens with one attached hydrogen (secondary N) is 1. The molecule has 0 saturated heterocycles. The largest absolute Gasteiger partial charge is 0.328 e. The molecule has 1 aromatic rings. The van der Waals surface area contributed by atoms with Crippen LogP contribution in [0.15, 0.2) is 24.3 Å². The maximum absolute atomic E-state index is 12.6. The molecule has 1 aromatic carbocycles. The number of anilines is 1. The lowest BCUT2D eigenvalue weighted by molar-refractivity contribution is -0.116. The maximum atomic E-state index is 12.6. The maximum Gasteiger partial charge on any atom is 0.224 e. The lowest BCUT2D eigenvalue weighted by atomic mass is 10.0. The van der Waals surface area contributed by atoms with Crippen molar-refractivity contribution in [3.05, 3.63) is 29.8 Å². The molecule has 134 valence electrons. The topological polar surface area (TPSA) is 89.3 Å². The van der Waals surface area contributed by atoms with Crippen LogP contribution in [-0.2, 0) is 20.4 Å². The van der Waals surface area contributed by atoms with Gasteiger partial charge in [-0.25, -0.2) is 8.42 Å². The predicted molar refractivity (Wildman–Crippen MR) is 97.5 cm³/mol. The second kappa shape index (κ2) is 8.62. The van der Waals surface area contributed by atoms with Gasteiger partial charge < -0.3 is 11.1 Å². The molecular weight excluding hydrogens is 324 g/mol. The van der Waals surface area contributed by atoms with Crippen molar-refractivity contribution in [3.63, 3.8) is 0 Å². The monoisotopic (exact) mass is 352 g/mol. The normalized spacial score (nSPS) is 17.4. The number of rotatable bonds is 7. The van der Waals surface area contributed by atoms with Crippen molar-refractivity contribution in [2.45, 2.75) is 68.9 Å². The Hall–Kier alpha value is -1.40. The number of amides is 1. The van der Waals surface area contributed by atoms with Crippen LogP contribution in [0.5, 0.6) is 0 Å². The zero-order chi connectivity index (χ0) is 17.6. The van der Waals surface area contributed by atoms with Crippen molar-refractivity contribution in [2.75, 3.05) is 5.32 Å². The van der Waals surface area contributed by atoms with Crippen molar-refractivity contribution in [3.8, 4) is 0 Å². The molecule has 1 saturated carbocycles. The summed E-state index contributed by atoms with van der Waals surface area (Å²) < 4.78 is 25.1. The van der Waals surface area contributed by atoms with E-state index in [1.165, 1.54) is 0 Å². The third-order valence-electron chi connectivity index (χ3n) is 4.47. The van der Waals surface area contributed by atoms with Crippen molar-refractivity contribution in [2.24, 2.45) is 5.73 Å². The molecule has 0 aliphatic heterocycles. The second-order valence-corrected chi connectivity index (χ2v) is 9.11. The molecule has 0 spiro atoms. The SMILES string of the molecule is CC(N)CCC(=O)Nc1cccc(CS(=O)(=O)C2CCCCC2)c1. The fourth-order valence-corrected chi connectivity index (χ4v) is 5.03. The van der Waals surface area contributed by atoms with E-state index < -0.39 is 9.84 Å². The third-order valence-corrected chi connectivity index (χ3v) is 6.69. The zero-order valence-corrected chi connectivity index (χ0v) is 15.1. The van der Waals surface area contributed by atoms with Gasteiger partial charge in [-0.2, -0.15) is 0 Å². The Morgan fingerprint density at radius 3 is 2.67 bits per heavy atom. The van der Waals surface area contributed by atoms with Crippen LogP contribution in [0.25, 0.3) is 0 Å². The van der Waals surface area contributed by atoms with Gasteiger partial charge in [0.15, 0.2) is 9.84 Å². The number of benzene rings is 1. The summed E-state index contributed by atoms with van der Waals surface area (Å²) in [6.07, 6.45) is 5.67. The highest BCUT2D eigenvalue weighted by molar-refractivity contribution is 7.91. The van der Waals surface area contributed by atoms with Crippen LogP contribution in [0, 0.1) is 0 Å². The van der Waals surface area contributed by atoms with Crippen LogP contribution in [0.3, 0.4) is 0 Å². The Morgan fingerprint density at radius 1 is 1.29 bits per heavy atom. The Bertz CT molecular complexity index is 650. The molecule has 0 aromatic heterocycles. The summed E-state index contributed by atoms with van der Waals surface area (Å²) in [4.78, 5) is 11.9. The average molecular weight is 353 g/mol. The summed E-state index contributed by atoms with van der Waals surface area (Å²) in [6.45, 7) is 1.87. The molecule has 1 aliphatic carbocycles. The smallest absolute Gasteiger partial charge is 0.224 e. The van der Waals surface area contributed by atoms with E-state index in [-0.39, 0.29) is 23.0 Å². The summed E-state index contributed by atoms with van der Waals surface area (Å²) in [5.74, 6) is -0.0547. The van der Waals surface area contributed by atoms with Gasteiger partial charge in [0.25, 0.3) is 0 Å². The Labute approximate surface area is 144 Å². The first-order chi connectivity index (χ1) is 11.4. The van der Waals surface area contributed by atoms with Gasteiger partial charge in [-0.1, -0.05) is 31.4 Å². The van der Waals surface area contributed by atoms with Crippen molar-refractivity contribution in [1.29, 1.82) is 0 Å². The summed E-state index contributed by atoms with van der Waals surface area (Å²) in [5.41, 5.74) is 7.02. The van der Waals surface area contributed by atoms with Crippen LogP contribution in [0.4, 0.5) is 5.69 Å². The molecule has 0 heterocycles. The molecule has 1 unspecified atom stereocenters. The molecular formula is C18H28N2O3S. The predicted octanol–water partition coefficient (Wildman–Crippen LogP) is 3.00. The summed E-state index contributed by atoms with van der Waals surface area (Å²) in [6, 6.07) is 7.11. The van der Waals surface area contributed by atoms with Crippen LogP contribution in [0.1, 0.15) is 57.4 Å². The standard InChI is InChI=1S/C18H28N2O3S/c1-14(19)10-11-18(21)20-16-7-5-6-15(12-16)13-24(22,23)17-8-3-2-4-9-17/h5-7,12,14,17H,2-4,8-11,13,19H2,1H3,(H,20,21). The number of sulfone groups is 1. The Balaban J connectivity index is 1.98. The number of hydrogen-bond donors (Lipinski definition) is 2. The van der Waals surface area contributed by atoms with E-state index in [9.17, 15) is 13.2 Å². The van der Waals surface area contributed by atoms with Gasteiger partial charge in [-0.05, 0) is 43.9 Å². The number of carbonyl (C=O) groups is 1. The van der Waals surface area contributed by atoms with Crippen molar-refractivity contribution >= 4 is 21.4 Å². The summed E-state index contributed by atoms with van der Waals surface area (Å²) in [5, 5.41) is 2.60. The fraction of sp³-hybridized carbons (Fsp3) is 0.611. The van der Waals surface area contributed by atoms with Crippen molar-refractivity contribution in [1.82, 2.24) is 0 Å². The second-order valence-electron chi connectivity index (χ2n) is 6.83. The molecule has 24 heavy (non-hydrogen) atoms. The quantitative estimate of drug-likeness (QED) is 0.789. The highest BCUT2D eigenvalue weighted by atomic mass is 32.2. The summed E-state index contributed by atoms with van der Waals surface area (Å²) >= 11 is 0. The van der Waals surface area contributed by atoms with Gasteiger partial charge in [-0.15, -0.1) is 0 Å². The highest BCUT2D eigenvalue weighted by Crippen LogP contribution is 2.26. The highest BCUT2D eigenvalue weighted by Gasteiger charge is 2.27. The lowest BCUT2D eigenvalue weighted by Crippen LogP contribution is -2.25. The molecule has 0 bridgehead atoms. The number of hydrogen-bond acceptors (Lipinski definition) is 4. The van der Waals surface area contributed by atoms with E-state index in [1.54, 1.807) is 24.3 Å². The summed E-state index contributed by atoms with van der Waals surface area (Å²) in [7, 11) is -3.13. The zero-order valence-electron chi connectivity index (χ0n) is 14.3. The van der Waals surface area contributed by atoms with Gasteiger partial charge in [0.05, 0.1) is 11.0 Å². The van der Waals surface area contributed by atoms with Gasteiger partial charge in [0.1, 0.15) is 0 Å². The molecule has 6 heteroatoms. The van der Waals surface area contributed by atoms with Crippen molar-refractivity contribution < 1.29 is 13.2 Å². The number of nitrogens with two attached hydrogens (primary N) is 1. The first-order valence-electron chi connectivity index (χ1n) is 8.73. The van der Waals surface area contributed by atoms with E-state index in [4.69, 9.17) is 5.73 Å². The van der Waals surface area contributed by atoms with Crippen LogP contribution in [0.2, 0.25) is 0 Å². The molecule has 1 atom stereocenters. The third kappa shape index (κ3) is 5.91. The Morgan fingerprint density at radius 2 is 2.00 bits per heavy atom. The molecule has 1 aliphatic rings. The number of carbonyl (C=O) groups excluding carboxylic acids is 1. The molecule has 0 radical (unpaired) electrons. The van der Waals surface area contributed by atoms with Crippen LogP contribution >= 0.6 is 0 Å². The minimum atomic E-state index is -3.13. The minimum Gasteiger partial charge on any atom is -0.328 e. The lowest BCUT2D eigenvalue weighted by Gasteiger charge is -2.21. The van der Waals surface area contributed by atoms with E-state index in [1.807, 2.05) is 6.92 Å².